The quantitative estimate of drug-likeness (QED) is 0.562. The monoisotopic (exact) mass is 148 g/mol. The highest BCUT2D eigenvalue weighted by atomic mass is 14.3. The van der Waals surface area contributed by atoms with Crippen LogP contribution in [0.4, 0.5) is 0 Å². The van der Waals surface area contributed by atoms with E-state index in [-0.39, 0.29) is 0 Å². The Labute approximate surface area is 69.0 Å². The molecule has 60 valence electrons. The zero-order chi connectivity index (χ0) is 7.68. The Hall–Kier alpha value is -0.520. The fourth-order valence-electron chi connectivity index (χ4n) is 1.91. The van der Waals surface area contributed by atoms with Crippen molar-refractivity contribution in [3.05, 3.63) is 23.3 Å². The minimum Gasteiger partial charge on any atom is -0.0664 e. The van der Waals surface area contributed by atoms with Crippen molar-refractivity contribution in [2.24, 2.45) is 5.92 Å². The van der Waals surface area contributed by atoms with Crippen molar-refractivity contribution in [3.8, 4) is 0 Å². The average Bonchev–Trinajstić information content (AvgIpc) is 2.32. The van der Waals surface area contributed by atoms with E-state index in [1.807, 2.05) is 0 Å². The zero-order valence-electron chi connectivity index (χ0n) is 7.27. The van der Waals surface area contributed by atoms with Gasteiger partial charge in [0, 0.05) is 0 Å². The molecule has 0 spiro atoms. The molecule has 0 aromatic rings. The van der Waals surface area contributed by atoms with E-state index >= 15 is 0 Å². The molecule has 0 radical (unpaired) electrons. The molecule has 2 aliphatic carbocycles. The van der Waals surface area contributed by atoms with Crippen LogP contribution < -0.4 is 0 Å². The van der Waals surface area contributed by atoms with Crippen molar-refractivity contribution in [2.75, 3.05) is 0 Å². The molecule has 0 nitrogen and oxygen atoms in total. The van der Waals surface area contributed by atoms with Crippen LogP contribution in [0.15, 0.2) is 23.3 Å². The van der Waals surface area contributed by atoms with E-state index in [1.54, 1.807) is 11.1 Å². The molecule has 2 rings (SSSR count). The lowest BCUT2D eigenvalue weighted by atomic mass is 9.79. The Bertz CT molecular complexity index is 204. The highest BCUT2D eigenvalue weighted by Gasteiger charge is 2.23. The molecule has 11 heavy (non-hydrogen) atoms. The summed E-state index contributed by atoms with van der Waals surface area (Å²) >= 11 is 0. The van der Waals surface area contributed by atoms with Gasteiger partial charge in [-0.15, -0.1) is 0 Å². The zero-order valence-corrected chi connectivity index (χ0v) is 7.27. The lowest BCUT2D eigenvalue weighted by Gasteiger charge is -2.27. The van der Waals surface area contributed by atoms with Crippen LogP contribution in [0.2, 0.25) is 0 Å². The van der Waals surface area contributed by atoms with E-state index in [2.05, 4.69) is 19.1 Å². The van der Waals surface area contributed by atoms with Crippen LogP contribution in [-0.4, -0.2) is 0 Å². The number of hydrogen-bond acceptors (Lipinski definition) is 0. The maximum Gasteiger partial charge on any atom is -0.00995 e. The van der Waals surface area contributed by atoms with E-state index in [4.69, 9.17) is 0 Å². The van der Waals surface area contributed by atoms with E-state index in [1.165, 1.54) is 32.1 Å². The first-order chi connectivity index (χ1) is 5.40. The molecule has 1 saturated carbocycles. The third-order valence-electron chi connectivity index (χ3n) is 3.05. The summed E-state index contributed by atoms with van der Waals surface area (Å²) in [4.78, 5) is 0. The van der Waals surface area contributed by atoms with Gasteiger partial charge < -0.3 is 0 Å². The highest BCUT2D eigenvalue weighted by molar-refractivity contribution is 5.32. The van der Waals surface area contributed by atoms with Crippen molar-refractivity contribution in [1.82, 2.24) is 0 Å². The SMILES string of the molecule is CCC1=CC=C(C2CCC2)C1. The van der Waals surface area contributed by atoms with Crippen molar-refractivity contribution in [2.45, 2.75) is 39.0 Å². The summed E-state index contributed by atoms with van der Waals surface area (Å²) < 4.78 is 0. The fraction of sp³-hybridized carbons (Fsp3) is 0.636. The standard InChI is InChI=1S/C11H16/c1-2-9-6-7-11(8-9)10-4-3-5-10/h6-7,10H,2-5,8H2,1H3. The first kappa shape index (κ1) is 7.15. The Morgan fingerprint density at radius 3 is 2.64 bits per heavy atom. The maximum absolute atomic E-state index is 2.36. The lowest BCUT2D eigenvalue weighted by molar-refractivity contribution is 0.363. The molecule has 0 unspecified atom stereocenters. The Morgan fingerprint density at radius 1 is 1.36 bits per heavy atom. The van der Waals surface area contributed by atoms with Crippen LogP contribution in [0.5, 0.6) is 0 Å². The summed E-state index contributed by atoms with van der Waals surface area (Å²) in [7, 11) is 0. The van der Waals surface area contributed by atoms with Crippen LogP contribution in [-0.2, 0) is 0 Å². The predicted octanol–water partition coefficient (Wildman–Crippen LogP) is 3.45. The van der Waals surface area contributed by atoms with Gasteiger partial charge in [-0.1, -0.05) is 36.6 Å². The molecule has 0 N–H and O–H groups in total. The van der Waals surface area contributed by atoms with Gasteiger partial charge in [0.05, 0.1) is 0 Å². The number of allylic oxidation sites excluding steroid dienone is 4. The molecule has 0 heterocycles. The van der Waals surface area contributed by atoms with Crippen LogP contribution in [0.1, 0.15) is 39.0 Å². The summed E-state index contributed by atoms with van der Waals surface area (Å²) in [5, 5.41) is 0. The van der Waals surface area contributed by atoms with Gasteiger partial charge in [0.2, 0.25) is 0 Å². The van der Waals surface area contributed by atoms with Gasteiger partial charge in [-0.25, -0.2) is 0 Å². The van der Waals surface area contributed by atoms with Crippen molar-refractivity contribution >= 4 is 0 Å². The predicted molar refractivity (Wildman–Crippen MR) is 48.4 cm³/mol. The Morgan fingerprint density at radius 2 is 2.18 bits per heavy atom. The second-order valence-electron chi connectivity index (χ2n) is 3.72. The largest absolute Gasteiger partial charge is 0.0664 e. The lowest BCUT2D eigenvalue weighted by Crippen LogP contribution is -2.12. The summed E-state index contributed by atoms with van der Waals surface area (Å²) in [6.45, 7) is 2.25. The molecule has 0 aromatic carbocycles. The smallest absolute Gasteiger partial charge is 0.00995 e. The van der Waals surface area contributed by atoms with Gasteiger partial charge in [0.15, 0.2) is 0 Å². The van der Waals surface area contributed by atoms with E-state index in [0.717, 1.165) is 5.92 Å². The topological polar surface area (TPSA) is 0 Å². The normalized spacial score (nSPS) is 24.5. The summed E-state index contributed by atoms with van der Waals surface area (Å²) in [6, 6.07) is 0. The molecule has 0 atom stereocenters. The van der Waals surface area contributed by atoms with Crippen LogP contribution in [0.3, 0.4) is 0 Å². The van der Waals surface area contributed by atoms with Gasteiger partial charge in [0.1, 0.15) is 0 Å². The summed E-state index contributed by atoms with van der Waals surface area (Å²) in [6.07, 6.45) is 11.6. The molecule has 0 aromatic heterocycles. The minimum atomic E-state index is 0.968. The second-order valence-corrected chi connectivity index (χ2v) is 3.72. The molecule has 0 heteroatoms. The molecular formula is C11H16. The van der Waals surface area contributed by atoms with Crippen molar-refractivity contribution < 1.29 is 0 Å². The second kappa shape index (κ2) is 2.84. The molecule has 2 aliphatic rings. The first-order valence-electron chi connectivity index (χ1n) is 4.78. The summed E-state index contributed by atoms with van der Waals surface area (Å²) in [5.41, 5.74) is 3.35. The highest BCUT2D eigenvalue weighted by Crippen LogP contribution is 2.38. The van der Waals surface area contributed by atoms with E-state index < -0.39 is 0 Å². The fourth-order valence-corrected chi connectivity index (χ4v) is 1.91. The van der Waals surface area contributed by atoms with E-state index in [9.17, 15) is 0 Å². The van der Waals surface area contributed by atoms with Gasteiger partial charge in [0.25, 0.3) is 0 Å². The third-order valence-corrected chi connectivity index (χ3v) is 3.05. The maximum atomic E-state index is 2.36. The molecule has 0 saturated heterocycles. The molecular weight excluding hydrogens is 132 g/mol. The number of rotatable bonds is 2. The van der Waals surface area contributed by atoms with E-state index in [0.29, 0.717) is 0 Å². The molecule has 0 amide bonds. The van der Waals surface area contributed by atoms with Crippen LogP contribution in [0, 0.1) is 5.92 Å². The summed E-state index contributed by atoms with van der Waals surface area (Å²) in [5.74, 6) is 0.968. The van der Waals surface area contributed by atoms with Crippen LogP contribution in [0.25, 0.3) is 0 Å². The van der Waals surface area contributed by atoms with Gasteiger partial charge in [-0.2, -0.15) is 0 Å². The van der Waals surface area contributed by atoms with Crippen LogP contribution >= 0.6 is 0 Å². The Kier molecular flexibility index (Phi) is 1.85. The number of hydrogen-bond donors (Lipinski definition) is 0. The molecule has 0 aliphatic heterocycles. The van der Waals surface area contributed by atoms with Gasteiger partial charge >= 0.3 is 0 Å². The molecule has 1 fully saturated rings. The third kappa shape index (κ3) is 1.26. The first-order valence-corrected chi connectivity index (χ1v) is 4.78. The van der Waals surface area contributed by atoms with Gasteiger partial charge in [-0.05, 0) is 31.6 Å². The minimum absolute atomic E-state index is 0.968. The van der Waals surface area contributed by atoms with Crippen molar-refractivity contribution in [3.63, 3.8) is 0 Å². The van der Waals surface area contributed by atoms with Crippen molar-refractivity contribution in [1.29, 1.82) is 0 Å². The van der Waals surface area contributed by atoms with Gasteiger partial charge in [-0.3, -0.25) is 0 Å². The molecule has 0 bridgehead atoms. The Balaban J connectivity index is 1.91. The average molecular weight is 148 g/mol.